The molecule has 51 heavy (non-hydrogen) atoms. The van der Waals surface area contributed by atoms with Crippen molar-refractivity contribution in [1.29, 1.82) is 0 Å². The first kappa shape index (κ1) is 35.5. The quantitative estimate of drug-likeness (QED) is 0.241. The van der Waals surface area contributed by atoms with Crippen LogP contribution in [0.5, 0.6) is 11.5 Å². The molecule has 268 valence electrons. The molecule has 2 aliphatic heterocycles. The van der Waals surface area contributed by atoms with Crippen LogP contribution in [0.4, 0.5) is 4.79 Å². The average Bonchev–Trinajstić information content (AvgIpc) is 3.54. The topological polar surface area (TPSA) is 144 Å². The van der Waals surface area contributed by atoms with Crippen LogP contribution in [-0.4, -0.2) is 75.7 Å². The number of nitrogens with zero attached hydrogens (tertiary/aromatic N) is 3. The van der Waals surface area contributed by atoms with E-state index < -0.39 is 23.8 Å². The molecule has 3 amide bonds. The van der Waals surface area contributed by atoms with Gasteiger partial charge in [0.25, 0.3) is 11.8 Å². The standard InChI is InChI=1S/C39H44N4O8/c1-24-35(50-23-41-24)22-49-32-13-10-26-18-33(43(21-30(26)17-32)38(47)51-39(2,3)4)34(44)19-40-36(45)28-6-7-29-20-42(15-14-27(29)16-28)37(46)25-8-11-31(48-5)12-9-25/h6-13,16-17,23,33-34,44H,14-15,18-22H2,1-5H3,(H,40,45)/t33-,34+/m0/s1. The van der Waals surface area contributed by atoms with Crippen LogP contribution >= 0.6 is 0 Å². The van der Waals surface area contributed by atoms with Crippen molar-refractivity contribution in [3.05, 3.63) is 112 Å². The number of hydrogen-bond acceptors (Lipinski definition) is 9. The Morgan fingerprint density at radius 3 is 2.39 bits per heavy atom. The molecule has 4 aromatic rings. The molecule has 0 aliphatic carbocycles. The summed E-state index contributed by atoms with van der Waals surface area (Å²) in [5.74, 6) is 1.54. The van der Waals surface area contributed by atoms with Gasteiger partial charge < -0.3 is 34.0 Å². The Morgan fingerprint density at radius 2 is 1.69 bits per heavy atom. The molecule has 2 N–H and O–H groups in total. The average molecular weight is 697 g/mol. The fourth-order valence-corrected chi connectivity index (χ4v) is 6.37. The van der Waals surface area contributed by atoms with Crippen LogP contribution in [0, 0.1) is 6.92 Å². The van der Waals surface area contributed by atoms with Crippen LogP contribution in [0.15, 0.2) is 71.5 Å². The smallest absolute Gasteiger partial charge is 0.410 e. The summed E-state index contributed by atoms with van der Waals surface area (Å²) in [5, 5.41) is 14.3. The maximum atomic E-state index is 13.4. The SMILES string of the molecule is COc1ccc(C(=O)N2CCc3cc(C(=O)NC[C@@H](O)[C@@H]4Cc5ccc(OCc6ocnc6C)cc5CN4C(=O)OC(C)(C)C)ccc3C2)cc1. The van der Waals surface area contributed by atoms with E-state index in [1.165, 1.54) is 11.3 Å². The van der Waals surface area contributed by atoms with Crippen molar-refractivity contribution in [2.75, 3.05) is 20.2 Å². The first-order chi connectivity index (χ1) is 24.4. The Morgan fingerprint density at radius 1 is 0.961 bits per heavy atom. The molecule has 0 fully saturated rings. The number of carbonyl (C=O) groups excluding carboxylic acids is 3. The molecule has 3 heterocycles. The maximum Gasteiger partial charge on any atom is 0.410 e. The maximum absolute atomic E-state index is 13.4. The van der Waals surface area contributed by atoms with Gasteiger partial charge in [-0.05, 0) is 111 Å². The lowest BCUT2D eigenvalue weighted by Gasteiger charge is -2.40. The van der Waals surface area contributed by atoms with E-state index in [-0.39, 0.29) is 31.5 Å². The molecule has 1 aromatic heterocycles. The summed E-state index contributed by atoms with van der Waals surface area (Å²) in [7, 11) is 1.58. The zero-order valence-corrected chi connectivity index (χ0v) is 29.6. The number of amides is 3. The van der Waals surface area contributed by atoms with E-state index in [9.17, 15) is 19.5 Å². The zero-order chi connectivity index (χ0) is 36.3. The third-order valence-corrected chi connectivity index (χ3v) is 9.21. The van der Waals surface area contributed by atoms with E-state index in [2.05, 4.69) is 10.3 Å². The number of oxazole rings is 1. The van der Waals surface area contributed by atoms with Crippen molar-refractivity contribution in [2.24, 2.45) is 0 Å². The van der Waals surface area contributed by atoms with Crippen LogP contribution in [0.25, 0.3) is 0 Å². The van der Waals surface area contributed by atoms with Crippen LogP contribution < -0.4 is 14.8 Å². The van der Waals surface area contributed by atoms with Gasteiger partial charge in [-0.3, -0.25) is 14.5 Å². The highest BCUT2D eigenvalue weighted by Gasteiger charge is 2.37. The van der Waals surface area contributed by atoms with E-state index in [1.54, 1.807) is 63.1 Å². The van der Waals surface area contributed by atoms with Crippen molar-refractivity contribution in [3.8, 4) is 11.5 Å². The van der Waals surface area contributed by atoms with Crippen LogP contribution in [-0.2, 0) is 37.3 Å². The lowest BCUT2D eigenvalue weighted by atomic mass is 9.91. The number of carbonyl (C=O) groups is 3. The highest BCUT2D eigenvalue weighted by Crippen LogP contribution is 2.30. The molecule has 12 nitrogen and oxygen atoms in total. The van der Waals surface area contributed by atoms with Gasteiger partial charge in [0.2, 0.25) is 0 Å². The van der Waals surface area contributed by atoms with Crippen molar-refractivity contribution < 1.29 is 38.1 Å². The van der Waals surface area contributed by atoms with E-state index in [0.717, 1.165) is 27.9 Å². The zero-order valence-electron chi connectivity index (χ0n) is 29.6. The summed E-state index contributed by atoms with van der Waals surface area (Å²) < 4.78 is 22.2. The number of aryl methyl sites for hydroxylation is 1. The molecule has 0 saturated heterocycles. The number of hydrogen-bond donors (Lipinski definition) is 2. The molecule has 0 spiro atoms. The van der Waals surface area contributed by atoms with Gasteiger partial charge in [0.15, 0.2) is 12.2 Å². The molecule has 0 unspecified atom stereocenters. The van der Waals surface area contributed by atoms with Gasteiger partial charge in [-0.25, -0.2) is 9.78 Å². The fraction of sp³-hybridized carbons (Fsp3) is 0.385. The second kappa shape index (κ2) is 14.9. The molecule has 2 atom stereocenters. The van der Waals surface area contributed by atoms with Crippen molar-refractivity contribution in [2.45, 2.75) is 78.0 Å². The minimum Gasteiger partial charge on any atom is -0.497 e. The molecule has 2 aliphatic rings. The molecule has 0 saturated carbocycles. The highest BCUT2D eigenvalue weighted by atomic mass is 16.6. The Bertz CT molecular complexity index is 1900. The summed E-state index contributed by atoms with van der Waals surface area (Å²) in [6, 6.07) is 17.5. The van der Waals surface area contributed by atoms with Gasteiger partial charge in [-0.2, -0.15) is 0 Å². The van der Waals surface area contributed by atoms with E-state index in [4.69, 9.17) is 18.6 Å². The minimum absolute atomic E-state index is 0.0587. The second-order valence-corrected chi connectivity index (χ2v) is 13.9. The Balaban J connectivity index is 1.10. The van der Waals surface area contributed by atoms with Gasteiger partial charge in [0.05, 0.1) is 24.9 Å². The lowest BCUT2D eigenvalue weighted by molar-refractivity contribution is -0.0113. The summed E-state index contributed by atoms with van der Waals surface area (Å²) in [6.45, 7) is 8.53. The Hall–Kier alpha value is -5.36. The summed E-state index contributed by atoms with van der Waals surface area (Å²) in [4.78, 5) is 47.3. The third kappa shape index (κ3) is 8.34. The van der Waals surface area contributed by atoms with Gasteiger partial charge in [-0.1, -0.05) is 12.1 Å². The summed E-state index contributed by atoms with van der Waals surface area (Å²) in [5.41, 5.74) is 4.88. The van der Waals surface area contributed by atoms with Gasteiger partial charge in [0.1, 0.15) is 23.7 Å². The largest absolute Gasteiger partial charge is 0.497 e. The van der Waals surface area contributed by atoms with Crippen LogP contribution in [0.1, 0.15) is 75.2 Å². The second-order valence-electron chi connectivity index (χ2n) is 13.9. The van der Waals surface area contributed by atoms with Gasteiger partial charge in [0, 0.05) is 37.3 Å². The number of nitrogens with one attached hydrogen (secondary N) is 1. The number of methoxy groups -OCH3 is 1. The van der Waals surface area contributed by atoms with Crippen molar-refractivity contribution >= 4 is 17.9 Å². The number of aliphatic hydroxyl groups is 1. The van der Waals surface area contributed by atoms with E-state index in [0.29, 0.717) is 54.3 Å². The number of fused-ring (bicyclic) bond motifs is 2. The Labute approximate surface area is 297 Å². The molecular weight excluding hydrogens is 652 g/mol. The van der Waals surface area contributed by atoms with Gasteiger partial charge in [-0.15, -0.1) is 0 Å². The molecule has 6 rings (SSSR count). The molecule has 3 aromatic carbocycles. The first-order valence-corrected chi connectivity index (χ1v) is 17.0. The number of aliphatic hydroxyl groups excluding tert-OH is 1. The predicted octanol–water partition coefficient (Wildman–Crippen LogP) is 5.22. The van der Waals surface area contributed by atoms with Crippen LogP contribution in [0.2, 0.25) is 0 Å². The number of rotatable bonds is 9. The number of ether oxygens (including phenoxy) is 3. The first-order valence-electron chi connectivity index (χ1n) is 17.0. The number of benzene rings is 3. The number of aromatic nitrogens is 1. The van der Waals surface area contributed by atoms with Crippen molar-refractivity contribution in [3.63, 3.8) is 0 Å². The third-order valence-electron chi connectivity index (χ3n) is 9.21. The van der Waals surface area contributed by atoms with Gasteiger partial charge >= 0.3 is 6.09 Å². The van der Waals surface area contributed by atoms with Crippen molar-refractivity contribution in [1.82, 2.24) is 20.1 Å². The molecular formula is C39H44N4O8. The fourth-order valence-electron chi connectivity index (χ4n) is 6.37. The normalized spacial score (nSPS) is 16.1. The molecule has 0 bridgehead atoms. The minimum atomic E-state index is -1.07. The Kier molecular flexibility index (Phi) is 10.3. The van der Waals surface area contributed by atoms with Crippen LogP contribution in [0.3, 0.4) is 0 Å². The molecule has 0 radical (unpaired) electrons. The summed E-state index contributed by atoms with van der Waals surface area (Å²) in [6.07, 6.45) is 0.720. The monoisotopic (exact) mass is 696 g/mol. The molecule has 12 heteroatoms. The predicted molar refractivity (Wildman–Crippen MR) is 188 cm³/mol. The van der Waals surface area contributed by atoms with E-state index >= 15 is 0 Å². The lowest BCUT2D eigenvalue weighted by Crippen LogP contribution is -2.54. The summed E-state index contributed by atoms with van der Waals surface area (Å²) >= 11 is 0. The highest BCUT2D eigenvalue weighted by molar-refractivity contribution is 5.95. The van der Waals surface area contributed by atoms with E-state index in [1.807, 2.05) is 37.3 Å².